The maximum Gasteiger partial charge on any atom is 0.131 e. The molecule has 3 rings (SSSR count). The molecule has 3 nitrogen and oxygen atoms in total. The molecule has 0 saturated carbocycles. The summed E-state index contributed by atoms with van der Waals surface area (Å²) in [6.45, 7) is 10.5. The summed E-state index contributed by atoms with van der Waals surface area (Å²) in [4.78, 5) is 7.16. The van der Waals surface area contributed by atoms with Gasteiger partial charge >= 0.3 is 0 Å². The summed E-state index contributed by atoms with van der Waals surface area (Å²) in [5.41, 5.74) is 7.70. The molecule has 0 aliphatic carbocycles. The second-order valence-corrected chi connectivity index (χ2v) is 7.54. The van der Waals surface area contributed by atoms with Crippen LogP contribution in [0, 0.1) is 13.8 Å². The second kappa shape index (κ2) is 8.39. The molecule has 0 amide bonds. The normalized spacial score (nSPS) is 13.4. The Bertz CT molecular complexity index is 779. The topological polar surface area (TPSA) is 28.2 Å². The van der Waals surface area contributed by atoms with E-state index in [2.05, 4.69) is 68.0 Å². The van der Waals surface area contributed by atoms with Gasteiger partial charge in [-0.05, 0) is 74.3 Å². The van der Waals surface area contributed by atoms with Crippen LogP contribution in [0.25, 0.3) is 0 Å². The van der Waals surface area contributed by atoms with Crippen molar-refractivity contribution in [3.8, 4) is 0 Å². The van der Waals surface area contributed by atoms with Gasteiger partial charge in [0.2, 0.25) is 0 Å². The third kappa shape index (κ3) is 4.66. The number of pyridine rings is 1. The SMILES string of the molecule is C=C(CCCc1ccc2c(n1)N(C)CCC2)NCc1ccc(C)c(C)c1. The highest BCUT2D eigenvalue weighted by Gasteiger charge is 2.15. The molecule has 138 valence electrons. The predicted molar refractivity (Wildman–Crippen MR) is 111 cm³/mol. The molecular weight excluding hydrogens is 318 g/mol. The zero-order chi connectivity index (χ0) is 18.5. The van der Waals surface area contributed by atoms with E-state index in [1.807, 2.05) is 0 Å². The number of aryl methyl sites for hydroxylation is 4. The Labute approximate surface area is 158 Å². The van der Waals surface area contributed by atoms with Crippen molar-refractivity contribution in [2.75, 3.05) is 18.5 Å². The van der Waals surface area contributed by atoms with Gasteiger partial charge in [0.1, 0.15) is 5.82 Å². The highest BCUT2D eigenvalue weighted by Crippen LogP contribution is 2.24. The summed E-state index contributed by atoms with van der Waals surface area (Å²) in [5.74, 6) is 1.18. The summed E-state index contributed by atoms with van der Waals surface area (Å²) in [6.07, 6.45) is 5.46. The molecule has 0 atom stereocenters. The third-order valence-corrected chi connectivity index (χ3v) is 5.34. The van der Waals surface area contributed by atoms with Crippen molar-refractivity contribution in [3.63, 3.8) is 0 Å². The molecule has 0 saturated heterocycles. The van der Waals surface area contributed by atoms with Gasteiger partial charge in [0.05, 0.1) is 0 Å². The van der Waals surface area contributed by atoms with Crippen LogP contribution >= 0.6 is 0 Å². The van der Waals surface area contributed by atoms with Gasteiger partial charge < -0.3 is 10.2 Å². The minimum Gasteiger partial charge on any atom is -0.385 e. The summed E-state index contributed by atoms with van der Waals surface area (Å²) >= 11 is 0. The molecule has 1 aromatic carbocycles. The van der Waals surface area contributed by atoms with E-state index in [1.165, 1.54) is 40.2 Å². The molecule has 1 N–H and O–H groups in total. The number of nitrogens with zero attached hydrogens (tertiary/aromatic N) is 2. The van der Waals surface area contributed by atoms with E-state index >= 15 is 0 Å². The Morgan fingerprint density at radius 3 is 2.85 bits per heavy atom. The third-order valence-electron chi connectivity index (χ3n) is 5.34. The molecule has 1 aliphatic rings. The van der Waals surface area contributed by atoms with E-state index in [4.69, 9.17) is 4.98 Å². The van der Waals surface area contributed by atoms with E-state index in [1.54, 1.807) is 0 Å². The first-order valence-corrected chi connectivity index (χ1v) is 9.70. The molecule has 0 fully saturated rings. The smallest absolute Gasteiger partial charge is 0.131 e. The summed E-state index contributed by atoms with van der Waals surface area (Å²) in [5, 5.41) is 3.47. The van der Waals surface area contributed by atoms with Gasteiger partial charge in [-0.15, -0.1) is 0 Å². The van der Waals surface area contributed by atoms with Gasteiger partial charge in [0.25, 0.3) is 0 Å². The number of nitrogens with one attached hydrogen (secondary N) is 1. The van der Waals surface area contributed by atoms with Gasteiger partial charge in [-0.25, -0.2) is 4.98 Å². The van der Waals surface area contributed by atoms with Crippen molar-refractivity contribution in [3.05, 3.63) is 70.6 Å². The van der Waals surface area contributed by atoms with Crippen LogP contribution in [0.4, 0.5) is 5.82 Å². The van der Waals surface area contributed by atoms with Gasteiger partial charge in [-0.1, -0.05) is 30.8 Å². The average Bonchev–Trinajstić information content (AvgIpc) is 2.63. The lowest BCUT2D eigenvalue weighted by Crippen LogP contribution is -2.26. The van der Waals surface area contributed by atoms with Gasteiger partial charge in [0.15, 0.2) is 0 Å². The van der Waals surface area contributed by atoms with E-state index in [0.717, 1.165) is 44.5 Å². The Morgan fingerprint density at radius 2 is 2.04 bits per heavy atom. The molecule has 0 spiro atoms. The lowest BCUT2D eigenvalue weighted by molar-refractivity contribution is 0.696. The molecule has 0 unspecified atom stereocenters. The van der Waals surface area contributed by atoms with E-state index in [9.17, 15) is 0 Å². The van der Waals surface area contributed by atoms with Crippen molar-refractivity contribution in [2.45, 2.75) is 52.5 Å². The number of hydrogen-bond donors (Lipinski definition) is 1. The van der Waals surface area contributed by atoms with Crippen molar-refractivity contribution in [1.82, 2.24) is 10.3 Å². The fourth-order valence-corrected chi connectivity index (χ4v) is 3.51. The second-order valence-electron chi connectivity index (χ2n) is 7.54. The highest BCUT2D eigenvalue weighted by atomic mass is 15.2. The van der Waals surface area contributed by atoms with Crippen LogP contribution in [0.3, 0.4) is 0 Å². The number of hydrogen-bond acceptors (Lipinski definition) is 3. The minimum absolute atomic E-state index is 0.849. The quantitative estimate of drug-likeness (QED) is 0.785. The Hall–Kier alpha value is -2.29. The maximum absolute atomic E-state index is 4.88. The number of allylic oxidation sites excluding steroid dienone is 1. The van der Waals surface area contributed by atoms with Crippen LogP contribution in [0.5, 0.6) is 0 Å². The van der Waals surface area contributed by atoms with Gasteiger partial charge in [0, 0.05) is 31.5 Å². The predicted octanol–water partition coefficient (Wildman–Crippen LogP) is 4.71. The number of rotatable bonds is 7. The van der Waals surface area contributed by atoms with E-state index < -0.39 is 0 Å². The number of benzene rings is 1. The van der Waals surface area contributed by atoms with E-state index in [-0.39, 0.29) is 0 Å². The molecule has 0 bridgehead atoms. The van der Waals surface area contributed by atoms with Crippen LogP contribution in [-0.2, 0) is 19.4 Å². The Balaban J connectivity index is 1.45. The molecule has 26 heavy (non-hydrogen) atoms. The zero-order valence-corrected chi connectivity index (χ0v) is 16.4. The standard InChI is InChI=1S/C23H31N3/c1-17-10-11-20(15-18(17)2)16-24-19(3)7-5-9-22-13-12-21-8-6-14-26(4)23(21)25-22/h10-13,15,24H,3,5-9,14,16H2,1-2,4H3. The van der Waals surface area contributed by atoms with E-state index in [0.29, 0.717) is 0 Å². The van der Waals surface area contributed by atoms with Crippen molar-refractivity contribution in [2.24, 2.45) is 0 Å². The fourth-order valence-electron chi connectivity index (χ4n) is 3.51. The van der Waals surface area contributed by atoms with Crippen LogP contribution in [-0.4, -0.2) is 18.6 Å². The van der Waals surface area contributed by atoms with Crippen molar-refractivity contribution in [1.29, 1.82) is 0 Å². The van der Waals surface area contributed by atoms with Crippen LogP contribution in [0.1, 0.15) is 47.2 Å². The minimum atomic E-state index is 0.849. The summed E-state index contributed by atoms with van der Waals surface area (Å²) in [6, 6.07) is 11.1. The fraction of sp³-hybridized carbons (Fsp3) is 0.435. The first-order chi connectivity index (χ1) is 12.5. The first kappa shape index (κ1) is 18.5. The van der Waals surface area contributed by atoms with Gasteiger partial charge in [-0.2, -0.15) is 0 Å². The monoisotopic (exact) mass is 349 g/mol. The zero-order valence-electron chi connectivity index (χ0n) is 16.4. The Kier molecular flexibility index (Phi) is 5.97. The molecule has 1 aliphatic heterocycles. The lowest BCUT2D eigenvalue weighted by atomic mass is 10.0. The van der Waals surface area contributed by atoms with Crippen LogP contribution in [0.2, 0.25) is 0 Å². The largest absolute Gasteiger partial charge is 0.385 e. The molecule has 0 radical (unpaired) electrons. The molecule has 2 heterocycles. The first-order valence-electron chi connectivity index (χ1n) is 9.70. The Morgan fingerprint density at radius 1 is 1.19 bits per heavy atom. The van der Waals surface area contributed by atoms with Gasteiger partial charge in [-0.3, -0.25) is 0 Å². The molecule has 3 heteroatoms. The molecule has 2 aromatic rings. The lowest BCUT2D eigenvalue weighted by Gasteiger charge is -2.26. The van der Waals surface area contributed by atoms with Crippen LogP contribution in [0.15, 0.2) is 42.6 Å². The number of fused-ring (bicyclic) bond motifs is 1. The summed E-state index contributed by atoms with van der Waals surface area (Å²) in [7, 11) is 2.15. The van der Waals surface area contributed by atoms with Crippen molar-refractivity contribution < 1.29 is 0 Å². The maximum atomic E-state index is 4.88. The van der Waals surface area contributed by atoms with Crippen LogP contribution < -0.4 is 10.2 Å². The molecule has 1 aromatic heterocycles. The number of aromatic nitrogens is 1. The average molecular weight is 350 g/mol. The number of anilines is 1. The summed E-state index contributed by atoms with van der Waals surface area (Å²) < 4.78 is 0. The molecular formula is C23H31N3. The van der Waals surface area contributed by atoms with Crippen molar-refractivity contribution >= 4 is 5.82 Å². The highest BCUT2D eigenvalue weighted by molar-refractivity contribution is 5.49.